The predicted molar refractivity (Wildman–Crippen MR) is 110 cm³/mol. The largest absolute Gasteiger partial charge is 0.439 e. The minimum Gasteiger partial charge on any atom is -0.362 e. The van der Waals surface area contributed by atoms with Crippen LogP contribution in [0.2, 0.25) is 0 Å². The molecule has 4 nitrogen and oxygen atoms in total. The number of halogens is 3. The Balaban J connectivity index is 1.98. The number of benzene rings is 1. The number of hydrogen-bond acceptors (Lipinski definition) is 3. The monoisotopic (exact) mass is 424 g/mol. The van der Waals surface area contributed by atoms with Gasteiger partial charge in [-0.25, -0.2) is 0 Å². The predicted octanol–water partition coefficient (Wildman–Crippen LogP) is 5.51. The summed E-state index contributed by atoms with van der Waals surface area (Å²) in [6.07, 6.45) is -3.85. The van der Waals surface area contributed by atoms with Gasteiger partial charge in [0.05, 0.1) is 5.92 Å². The molecule has 0 unspecified atom stereocenters. The fourth-order valence-electron chi connectivity index (χ4n) is 4.44. The smallest absolute Gasteiger partial charge is 0.362 e. The second kappa shape index (κ2) is 7.08. The molecular weight excluding hydrogens is 393 g/mol. The maximum absolute atomic E-state index is 14.2. The van der Waals surface area contributed by atoms with Crippen molar-refractivity contribution in [3.63, 3.8) is 0 Å². The highest BCUT2D eigenvalue weighted by Crippen LogP contribution is 2.52. The molecule has 1 saturated carbocycles. The Hall–Kier alpha value is -1.89. The Kier molecular flexibility index (Phi) is 5.37. The summed E-state index contributed by atoms with van der Waals surface area (Å²) in [7, 11) is 0. The van der Waals surface area contributed by atoms with Crippen LogP contribution in [0, 0.1) is 17.3 Å². The topological polar surface area (TPSA) is 52.9 Å². The summed E-state index contributed by atoms with van der Waals surface area (Å²) < 4.78 is 42.5. The van der Waals surface area contributed by atoms with Gasteiger partial charge in [-0.15, -0.1) is 0 Å². The molecule has 1 aromatic carbocycles. The molecule has 1 fully saturated rings. The van der Waals surface area contributed by atoms with E-state index in [0.717, 1.165) is 5.56 Å². The first-order chi connectivity index (χ1) is 13.6. The van der Waals surface area contributed by atoms with E-state index in [9.17, 15) is 23.1 Å². The molecule has 0 spiro atoms. The lowest BCUT2D eigenvalue weighted by Gasteiger charge is -2.42. The highest BCUT2D eigenvalue weighted by atomic mass is 19.4. The van der Waals surface area contributed by atoms with Gasteiger partial charge in [0.2, 0.25) is 0 Å². The number of aliphatic hydroxyl groups is 1. The fourth-order valence-corrected chi connectivity index (χ4v) is 4.44. The van der Waals surface area contributed by atoms with Gasteiger partial charge in [0, 0.05) is 11.3 Å². The van der Waals surface area contributed by atoms with Gasteiger partial charge in [0.15, 0.2) is 0 Å². The summed E-state index contributed by atoms with van der Waals surface area (Å²) in [6, 6.07) is 6.46. The molecule has 1 amide bonds. The number of carbonyl (C=O) groups is 1. The Bertz CT molecular complexity index is 847. The van der Waals surface area contributed by atoms with Crippen LogP contribution in [-0.4, -0.2) is 33.6 Å². The average molecular weight is 425 g/mol. The van der Waals surface area contributed by atoms with Crippen molar-refractivity contribution in [2.45, 2.75) is 78.1 Å². The van der Waals surface area contributed by atoms with Crippen LogP contribution in [0.25, 0.3) is 0 Å². The summed E-state index contributed by atoms with van der Waals surface area (Å²) in [4.78, 5) is 13.1. The number of amides is 1. The van der Waals surface area contributed by atoms with Crippen molar-refractivity contribution in [1.82, 2.24) is 5.01 Å². The van der Waals surface area contributed by atoms with Crippen molar-refractivity contribution in [3.05, 3.63) is 35.4 Å². The molecular formula is C23H31F3N2O2. The van der Waals surface area contributed by atoms with E-state index in [2.05, 4.69) is 5.10 Å². The molecule has 0 aromatic heterocycles. The number of alkyl halides is 3. The minimum absolute atomic E-state index is 0.00329. The van der Waals surface area contributed by atoms with Gasteiger partial charge in [-0.1, -0.05) is 53.7 Å². The summed E-state index contributed by atoms with van der Waals surface area (Å²) in [5, 5.41) is 15.3. The van der Waals surface area contributed by atoms with E-state index in [1.165, 1.54) is 12.1 Å². The van der Waals surface area contributed by atoms with Crippen LogP contribution in [-0.2, 0) is 5.41 Å². The lowest BCUT2D eigenvalue weighted by Crippen LogP contribution is -2.62. The highest BCUT2D eigenvalue weighted by molar-refractivity contribution is 5.99. The zero-order valence-electron chi connectivity index (χ0n) is 18.5. The van der Waals surface area contributed by atoms with Gasteiger partial charge in [-0.2, -0.15) is 23.3 Å². The van der Waals surface area contributed by atoms with Gasteiger partial charge in [-0.3, -0.25) is 4.79 Å². The molecule has 0 bridgehead atoms. The first-order valence-corrected chi connectivity index (χ1v) is 10.4. The third-order valence-electron chi connectivity index (χ3n) is 6.54. The molecule has 2 aliphatic rings. The van der Waals surface area contributed by atoms with Crippen molar-refractivity contribution in [2.75, 3.05) is 0 Å². The van der Waals surface area contributed by atoms with E-state index in [0.29, 0.717) is 12.8 Å². The Morgan fingerprint density at radius 3 is 2.13 bits per heavy atom. The zero-order valence-corrected chi connectivity index (χ0v) is 18.5. The highest BCUT2D eigenvalue weighted by Gasteiger charge is 2.69. The van der Waals surface area contributed by atoms with Crippen LogP contribution in [0.5, 0.6) is 0 Å². The first kappa shape index (κ1) is 22.8. The number of rotatable bonds is 1. The molecule has 3 atom stereocenters. The number of carbonyl (C=O) groups excluding carboxylic acids is 1. The molecule has 0 radical (unpaired) electrons. The molecule has 3 rings (SSSR count). The SMILES string of the molecule is CC(C)(C)c1ccc(C(=O)N2N=C3CC[C@H](C(C)(C)C)C[C@H]3[C@]2(O)C(F)(F)F)cc1. The Morgan fingerprint density at radius 1 is 1.10 bits per heavy atom. The van der Waals surface area contributed by atoms with Crippen molar-refractivity contribution in [1.29, 1.82) is 0 Å². The minimum atomic E-state index is -5.02. The van der Waals surface area contributed by atoms with Gasteiger partial charge in [-0.05, 0) is 53.7 Å². The maximum Gasteiger partial charge on any atom is 0.439 e. The van der Waals surface area contributed by atoms with Crippen molar-refractivity contribution in [3.8, 4) is 0 Å². The number of hydrazone groups is 1. The maximum atomic E-state index is 14.2. The van der Waals surface area contributed by atoms with Crippen molar-refractivity contribution >= 4 is 11.6 Å². The van der Waals surface area contributed by atoms with Gasteiger partial charge in [0.25, 0.3) is 11.6 Å². The van der Waals surface area contributed by atoms with Crippen LogP contribution in [0.1, 0.15) is 76.7 Å². The summed E-state index contributed by atoms with van der Waals surface area (Å²) in [6.45, 7) is 12.0. The molecule has 7 heteroatoms. The van der Waals surface area contributed by atoms with Gasteiger partial charge < -0.3 is 5.11 Å². The molecule has 30 heavy (non-hydrogen) atoms. The molecule has 0 saturated heterocycles. The molecule has 1 N–H and O–H groups in total. The zero-order chi connectivity index (χ0) is 22.7. The van der Waals surface area contributed by atoms with Crippen molar-refractivity contribution in [2.24, 2.45) is 22.4 Å². The summed E-state index contributed by atoms with van der Waals surface area (Å²) >= 11 is 0. The fraction of sp³-hybridized carbons (Fsp3) is 0.652. The number of nitrogens with zero attached hydrogens (tertiary/aromatic N) is 2. The van der Waals surface area contributed by atoms with Crippen LogP contribution < -0.4 is 0 Å². The van der Waals surface area contributed by atoms with E-state index in [1.807, 2.05) is 41.5 Å². The Labute approximate surface area is 176 Å². The molecule has 1 aliphatic heterocycles. The van der Waals surface area contributed by atoms with Crippen molar-refractivity contribution < 1.29 is 23.1 Å². The first-order valence-electron chi connectivity index (χ1n) is 10.4. The second-order valence-electron chi connectivity index (χ2n) is 10.6. The molecule has 1 aromatic rings. The van der Waals surface area contributed by atoms with Crippen LogP contribution in [0.3, 0.4) is 0 Å². The van der Waals surface area contributed by atoms with Crippen LogP contribution in [0.15, 0.2) is 29.4 Å². The standard InChI is InChI=1S/C23H31F3N2O2/c1-20(2,3)15-9-7-14(8-10-15)19(29)28-22(30,23(24,25)26)17-13-16(21(4,5)6)11-12-18(17)27-28/h7-10,16-17,30H,11-13H2,1-6H3/t16-,17+,22-/m0/s1. The number of hydrogen-bond donors (Lipinski definition) is 1. The summed E-state index contributed by atoms with van der Waals surface area (Å²) in [5.41, 5.74) is -2.39. The van der Waals surface area contributed by atoms with E-state index < -0.39 is 23.7 Å². The summed E-state index contributed by atoms with van der Waals surface area (Å²) in [5.74, 6) is -2.19. The van der Waals surface area contributed by atoms with E-state index in [1.54, 1.807) is 12.1 Å². The van der Waals surface area contributed by atoms with Crippen LogP contribution >= 0.6 is 0 Å². The molecule has 166 valence electrons. The lowest BCUT2D eigenvalue weighted by molar-refractivity contribution is -0.314. The second-order valence-corrected chi connectivity index (χ2v) is 10.6. The van der Waals surface area contributed by atoms with Gasteiger partial charge >= 0.3 is 6.18 Å². The lowest BCUT2D eigenvalue weighted by atomic mass is 9.66. The number of fused-ring (bicyclic) bond motifs is 1. The van der Waals surface area contributed by atoms with E-state index in [-0.39, 0.29) is 39.5 Å². The molecule has 1 heterocycles. The van der Waals surface area contributed by atoms with Gasteiger partial charge in [0.1, 0.15) is 0 Å². The quantitative estimate of drug-likeness (QED) is 0.646. The van der Waals surface area contributed by atoms with Crippen LogP contribution in [0.4, 0.5) is 13.2 Å². The normalized spacial score (nSPS) is 27.7. The van der Waals surface area contributed by atoms with E-state index >= 15 is 0 Å². The van der Waals surface area contributed by atoms with E-state index in [4.69, 9.17) is 0 Å². The Morgan fingerprint density at radius 2 is 1.67 bits per heavy atom. The molecule has 1 aliphatic carbocycles. The average Bonchev–Trinajstić information content (AvgIpc) is 2.93. The third-order valence-corrected chi connectivity index (χ3v) is 6.54. The third kappa shape index (κ3) is 3.77.